The molecule has 44 heavy (non-hydrogen) atoms. The van der Waals surface area contributed by atoms with Gasteiger partial charge in [0.25, 0.3) is 0 Å². The van der Waals surface area contributed by atoms with Crippen molar-refractivity contribution in [2.45, 2.75) is 68.3 Å². The van der Waals surface area contributed by atoms with E-state index in [4.69, 9.17) is 23.4 Å². The Morgan fingerprint density at radius 3 is 1.98 bits per heavy atom. The molecule has 0 spiro atoms. The third kappa shape index (κ3) is 6.22. The molecule has 16 nitrogen and oxygen atoms in total. The van der Waals surface area contributed by atoms with Crippen LogP contribution in [0.15, 0.2) is 34.7 Å². The van der Waals surface area contributed by atoms with Gasteiger partial charge in [0.2, 0.25) is 12.0 Å². The molecule has 3 aromatic rings. The van der Waals surface area contributed by atoms with Gasteiger partial charge in [0.05, 0.1) is 24.3 Å². The van der Waals surface area contributed by atoms with Gasteiger partial charge in [-0.05, 0) is 6.92 Å². The third-order valence-electron chi connectivity index (χ3n) is 7.29. The molecule has 2 aliphatic heterocycles. The van der Waals surface area contributed by atoms with Crippen molar-refractivity contribution in [1.29, 1.82) is 0 Å². The number of hydrogen-bond acceptors (Lipinski definition) is 15. The molecule has 2 fully saturated rings. The van der Waals surface area contributed by atoms with E-state index in [1.54, 1.807) is 0 Å². The lowest BCUT2D eigenvalue weighted by atomic mass is 9.98. The van der Waals surface area contributed by atoms with Crippen molar-refractivity contribution in [2.75, 3.05) is 6.61 Å². The molecule has 0 saturated carbocycles. The van der Waals surface area contributed by atoms with Crippen molar-refractivity contribution in [1.82, 2.24) is 0 Å². The maximum atomic E-state index is 10.7. The molecule has 0 amide bonds. The molecule has 242 valence electrons. The van der Waals surface area contributed by atoms with Crippen LogP contribution >= 0.6 is 0 Å². The molecule has 1 aromatic heterocycles. The summed E-state index contributed by atoms with van der Waals surface area (Å²) in [4.78, 5) is 0. The number of ether oxygens (including phenoxy) is 4. The molecule has 2 aromatic carbocycles. The summed E-state index contributed by atoms with van der Waals surface area (Å²) in [6, 6.07) is 5.39. The molecule has 2 aliphatic rings. The van der Waals surface area contributed by atoms with Crippen LogP contribution in [0.25, 0.3) is 22.3 Å². The van der Waals surface area contributed by atoms with Crippen molar-refractivity contribution in [2.24, 2.45) is 0 Å². The summed E-state index contributed by atoms with van der Waals surface area (Å²) in [7, 11) is 0. The fourth-order valence-electron chi connectivity index (χ4n) is 4.83. The van der Waals surface area contributed by atoms with E-state index in [1.165, 1.54) is 13.0 Å². The monoisotopic (exact) mass is 646 g/mol. The lowest BCUT2D eigenvalue weighted by Gasteiger charge is -2.42. The number of benzene rings is 2. The first-order chi connectivity index (χ1) is 20.3. The minimum absolute atomic E-state index is 0. The summed E-state index contributed by atoms with van der Waals surface area (Å²) in [5, 5.41) is 112. The minimum Gasteiger partial charge on any atom is -1.00 e. The molecule has 11 N–H and O–H groups in total. The Bertz CT molecular complexity index is 1460. The Kier molecular flexibility index (Phi) is 9.81. The fraction of sp³-hybridized carbons (Fsp3) is 0.444. The van der Waals surface area contributed by atoms with Gasteiger partial charge in [0.15, 0.2) is 23.5 Å². The van der Waals surface area contributed by atoms with Gasteiger partial charge in [-0.25, -0.2) is 4.42 Å². The zero-order valence-corrected chi connectivity index (χ0v) is 23.5. The zero-order valence-electron chi connectivity index (χ0n) is 22.7. The number of phenols is 5. The summed E-state index contributed by atoms with van der Waals surface area (Å²) in [6.07, 6.45) is -15.6. The van der Waals surface area contributed by atoms with Gasteiger partial charge in [-0.2, -0.15) is 0 Å². The van der Waals surface area contributed by atoms with E-state index in [-0.39, 0.29) is 46.2 Å². The minimum atomic E-state index is -1.88. The Hall–Kier alpha value is -3.42. The van der Waals surface area contributed by atoms with E-state index in [9.17, 15) is 56.2 Å². The molecule has 3 heterocycles. The van der Waals surface area contributed by atoms with Crippen molar-refractivity contribution < 1.29 is 91.9 Å². The van der Waals surface area contributed by atoms with Crippen LogP contribution in [0.5, 0.6) is 34.5 Å². The smallest absolute Gasteiger partial charge is 0.402 e. The van der Waals surface area contributed by atoms with Crippen LogP contribution < -0.4 is 17.1 Å². The molecular formula is C27H31ClO16. The molecule has 0 radical (unpaired) electrons. The summed E-state index contributed by atoms with van der Waals surface area (Å²) in [5.74, 6) is -3.64. The highest BCUT2D eigenvalue weighted by atomic mass is 35.5. The lowest BCUT2D eigenvalue weighted by Crippen LogP contribution is -3.00. The van der Waals surface area contributed by atoms with Gasteiger partial charge in [-0.1, -0.05) is 0 Å². The maximum absolute atomic E-state index is 10.7. The molecule has 0 aliphatic carbocycles. The number of hydrogen-bond donors (Lipinski definition) is 11. The van der Waals surface area contributed by atoms with E-state index in [0.717, 1.165) is 24.3 Å². The van der Waals surface area contributed by atoms with E-state index >= 15 is 0 Å². The largest absolute Gasteiger partial charge is 1.00 e. The third-order valence-corrected chi connectivity index (χ3v) is 7.29. The molecule has 10 atom stereocenters. The van der Waals surface area contributed by atoms with Crippen molar-refractivity contribution >= 4 is 11.0 Å². The van der Waals surface area contributed by atoms with Crippen LogP contribution in [-0.2, 0) is 14.2 Å². The molecule has 2 saturated heterocycles. The van der Waals surface area contributed by atoms with Crippen molar-refractivity contribution in [3.8, 4) is 45.8 Å². The van der Waals surface area contributed by atoms with Crippen LogP contribution in [0.2, 0.25) is 0 Å². The number of fused-ring (bicyclic) bond motifs is 1. The Labute approximate surface area is 254 Å². The number of rotatable bonds is 6. The summed E-state index contributed by atoms with van der Waals surface area (Å²) >= 11 is 0. The highest BCUT2D eigenvalue weighted by Gasteiger charge is 2.48. The summed E-state index contributed by atoms with van der Waals surface area (Å²) in [6.45, 7) is 0.877. The molecule has 17 heteroatoms. The molecule has 5 rings (SSSR count). The van der Waals surface area contributed by atoms with E-state index < -0.39 is 91.0 Å². The quantitative estimate of drug-likeness (QED) is 0.0898. The first kappa shape index (κ1) is 33.5. The van der Waals surface area contributed by atoms with Gasteiger partial charge in [0, 0.05) is 24.3 Å². The Morgan fingerprint density at radius 1 is 0.705 bits per heavy atom. The second-order valence-corrected chi connectivity index (χ2v) is 10.3. The average Bonchev–Trinajstić information content (AvgIpc) is 2.96. The number of aliphatic hydroxyl groups excluding tert-OH is 6. The van der Waals surface area contributed by atoms with E-state index in [2.05, 4.69) is 0 Å². The predicted octanol–water partition coefficient (Wildman–Crippen LogP) is -4.06. The van der Waals surface area contributed by atoms with E-state index in [1.807, 2.05) is 0 Å². The zero-order chi connectivity index (χ0) is 31.3. The van der Waals surface area contributed by atoms with Gasteiger partial charge >= 0.3 is 11.3 Å². The number of halogens is 1. The number of aliphatic hydroxyl groups is 6. The number of phenolic OH excluding ortho intramolecular Hbond substituents is 5. The summed E-state index contributed by atoms with van der Waals surface area (Å²) in [5.41, 5.74) is -0.150. The fourth-order valence-corrected chi connectivity index (χ4v) is 4.83. The highest BCUT2D eigenvalue weighted by Crippen LogP contribution is 2.45. The van der Waals surface area contributed by atoms with Crippen LogP contribution in [0.1, 0.15) is 6.92 Å². The van der Waals surface area contributed by atoms with Gasteiger partial charge in [0.1, 0.15) is 59.6 Å². The predicted molar refractivity (Wildman–Crippen MR) is 140 cm³/mol. The first-order valence-electron chi connectivity index (χ1n) is 13.0. The second kappa shape index (κ2) is 12.9. The van der Waals surface area contributed by atoms with Gasteiger partial charge in [-0.15, -0.1) is 0 Å². The standard InChI is InChI=1S/C27H30O16.ClH/c1-8-18(32)21(35)23(37)26(40-8)39-7-17-20(34)22(36)24(38)27(43-17)42-16-6-11-12(29)4-10(28)5-15(11)41-25(16)9-2-13(30)19(33)14(31)3-9;/h2-6,8,17-18,20-24,26-27,32,34-38H,7H2,1H3,(H4-,28,29,30,31,33);1H/t8-,17+,18-,20+,21+,22-,23+,24+,26+,27?;/m0./s1. The average molecular weight is 647 g/mol. The van der Waals surface area contributed by atoms with E-state index in [0.29, 0.717) is 0 Å². The maximum Gasteiger partial charge on any atom is 0.402 e. The topological polar surface area (TPSA) is 271 Å². The SMILES string of the molecule is C[C@@H]1O[C@@H](OC[C@H]2OC(Oc3cc4c(O)cc(O)cc4[o+]c3-c3cc(O)c(O)c(O)c3)[C@H](O)[C@@H](O)[C@@H]2O)[C@H](O)[C@H](O)[C@H]1O.[Cl-]. The molecular weight excluding hydrogens is 616 g/mol. The van der Waals surface area contributed by atoms with Gasteiger partial charge < -0.3 is 87.5 Å². The summed E-state index contributed by atoms with van der Waals surface area (Å²) < 4.78 is 28.1. The van der Waals surface area contributed by atoms with Crippen LogP contribution in [0, 0.1) is 0 Å². The normalized spacial score (nSPS) is 32.2. The van der Waals surface area contributed by atoms with Gasteiger partial charge in [-0.3, -0.25) is 0 Å². The van der Waals surface area contributed by atoms with Crippen molar-refractivity contribution in [3.63, 3.8) is 0 Å². The van der Waals surface area contributed by atoms with Crippen LogP contribution in [0.4, 0.5) is 0 Å². The highest BCUT2D eigenvalue weighted by molar-refractivity contribution is 5.88. The second-order valence-electron chi connectivity index (χ2n) is 10.3. The molecule has 1 unspecified atom stereocenters. The van der Waals surface area contributed by atoms with Crippen molar-refractivity contribution in [3.05, 3.63) is 30.3 Å². The Balaban J connectivity index is 0.00000442. The Morgan fingerprint density at radius 2 is 1.32 bits per heavy atom. The first-order valence-corrected chi connectivity index (χ1v) is 13.0. The molecule has 0 bridgehead atoms. The van der Waals surface area contributed by atoms with Crippen LogP contribution in [-0.4, -0.2) is 124 Å². The lowest BCUT2D eigenvalue weighted by molar-refractivity contribution is -0.318. The van der Waals surface area contributed by atoms with Crippen LogP contribution in [0.3, 0.4) is 0 Å². The number of aromatic hydroxyl groups is 5.